The first-order chi connectivity index (χ1) is 10.6. The highest BCUT2D eigenvalue weighted by Crippen LogP contribution is 2.28. The predicted molar refractivity (Wildman–Crippen MR) is 92.9 cm³/mol. The molecular weight excluding hydrogens is 272 g/mol. The van der Waals surface area contributed by atoms with Gasteiger partial charge < -0.3 is 10.6 Å². The predicted octanol–water partition coefficient (Wildman–Crippen LogP) is 3.27. The van der Waals surface area contributed by atoms with Crippen molar-refractivity contribution in [3.63, 3.8) is 0 Å². The highest BCUT2D eigenvalue weighted by Gasteiger charge is 2.24. The molecule has 0 saturated heterocycles. The highest BCUT2D eigenvalue weighted by molar-refractivity contribution is 5.80. The van der Waals surface area contributed by atoms with Crippen molar-refractivity contribution in [2.75, 3.05) is 6.54 Å². The Morgan fingerprint density at radius 2 is 2.00 bits per heavy atom. The van der Waals surface area contributed by atoms with Crippen LogP contribution in [0.15, 0.2) is 23.3 Å². The Morgan fingerprint density at radius 1 is 1.27 bits per heavy atom. The van der Waals surface area contributed by atoms with Crippen molar-refractivity contribution in [1.29, 1.82) is 0 Å². The van der Waals surface area contributed by atoms with E-state index in [1.807, 2.05) is 12.3 Å². The lowest BCUT2D eigenvalue weighted by Gasteiger charge is -2.32. The summed E-state index contributed by atoms with van der Waals surface area (Å²) in [5, 5.41) is 6.98. The summed E-state index contributed by atoms with van der Waals surface area (Å²) < 4.78 is 0. The van der Waals surface area contributed by atoms with Gasteiger partial charge in [-0.25, -0.2) is 4.99 Å². The van der Waals surface area contributed by atoms with Crippen LogP contribution in [-0.4, -0.2) is 23.5 Å². The fraction of sp³-hybridized carbons (Fsp3) is 0.667. The molecule has 2 rings (SSSR count). The molecule has 2 atom stereocenters. The number of nitrogens with one attached hydrogen (secondary N) is 2. The summed E-state index contributed by atoms with van der Waals surface area (Å²) in [5.74, 6) is 2.50. The number of hydrogen-bond donors (Lipinski definition) is 2. The van der Waals surface area contributed by atoms with E-state index in [0.29, 0.717) is 12.6 Å². The van der Waals surface area contributed by atoms with E-state index in [4.69, 9.17) is 4.99 Å². The first-order valence-electron chi connectivity index (χ1n) is 8.53. The van der Waals surface area contributed by atoms with E-state index >= 15 is 0 Å². The second-order valence-electron chi connectivity index (χ2n) is 6.72. The van der Waals surface area contributed by atoms with Crippen molar-refractivity contribution in [3.05, 3.63) is 29.6 Å². The summed E-state index contributed by atoms with van der Waals surface area (Å²) in [6, 6.07) is 4.58. The van der Waals surface area contributed by atoms with Crippen LogP contribution in [0.1, 0.15) is 51.3 Å². The number of aromatic nitrogens is 1. The molecule has 0 bridgehead atoms. The van der Waals surface area contributed by atoms with Gasteiger partial charge in [-0.05, 0) is 56.6 Å². The molecule has 2 N–H and O–H groups in total. The van der Waals surface area contributed by atoms with Gasteiger partial charge in [0.05, 0.1) is 12.2 Å². The Hall–Kier alpha value is -1.58. The summed E-state index contributed by atoms with van der Waals surface area (Å²) >= 11 is 0. The minimum atomic E-state index is 0.529. The number of pyridine rings is 1. The molecule has 1 heterocycles. The molecule has 0 radical (unpaired) electrons. The lowest BCUT2D eigenvalue weighted by molar-refractivity contribution is 0.255. The van der Waals surface area contributed by atoms with Gasteiger partial charge >= 0.3 is 0 Å². The van der Waals surface area contributed by atoms with E-state index in [0.717, 1.165) is 30.0 Å². The van der Waals surface area contributed by atoms with Gasteiger partial charge in [0.2, 0.25) is 0 Å². The number of nitrogens with zero attached hydrogens (tertiary/aromatic N) is 2. The standard InChI is InChI=1S/C18H30N4/c1-5-19-18(21-12-17-15(4)7-6-8-20-17)22-16-10-13(2)9-14(3)11-16/h6-8,13-14,16H,5,9-12H2,1-4H3,(H2,19,21,22). The van der Waals surface area contributed by atoms with Crippen LogP contribution in [0.25, 0.3) is 0 Å². The monoisotopic (exact) mass is 302 g/mol. The maximum absolute atomic E-state index is 4.72. The zero-order valence-electron chi connectivity index (χ0n) is 14.4. The van der Waals surface area contributed by atoms with E-state index in [9.17, 15) is 0 Å². The molecular formula is C18H30N4. The number of aliphatic imine (C=N–C) groups is 1. The fourth-order valence-electron chi connectivity index (χ4n) is 3.42. The van der Waals surface area contributed by atoms with E-state index in [2.05, 4.69) is 49.4 Å². The van der Waals surface area contributed by atoms with Crippen molar-refractivity contribution >= 4 is 5.96 Å². The summed E-state index contributed by atoms with van der Waals surface area (Å²) in [7, 11) is 0. The number of hydrogen-bond acceptors (Lipinski definition) is 2. The Bertz CT molecular complexity index is 488. The smallest absolute Gasteiger partial charge is 0.191 e. The third-order valence-electron chi connectivity index (χ3n) is 4.37. The lowest BCUT2D eigenvalue weighted by atomic mass is 9.80. The molecule has 22 heavy (non-hydrogen) atoms. The molecule has 1 aliphatic carbocycles. The highest BCUT2D eigenvalue weighted by atomic mass is 15.2. The van der Waals surface area contributed by atoms with Crippen molar-refractivity contribution in [2.24, 2.45) is 16.8 Å². The number of rotatable bonds is 4. The van der Waals surface area contributed by atoms with Crippen molar-refractivity contribution < 1.29 is 0 Å². The van der Waals surface area contributed by atoms with Gasteiger partial charge in [0.15, 0.2) is 5.96 Å². The quantitative estimate of drug-likeness (QED) is 0.663. The van der Waals surface area contributed by atoms with Gasteiger partial charge in [-0.2, -0.15) is 0 Å². The van der Waals surface area contributed by atoms with Gasteiger partial charge in [-0.15, -0.1) is 0 Å². The molecule has 4 heteroatoms. The number of guanidine groups is 1. The lowest BCUT2D eigenvalue weighted by Crippen LogP contribution is -2.46. The van der Waals surface area contributed by atoms with Crippen LogP contribution in [0.3, 0.4) is 0 Å². The average molecular weight is 302 g/mol. The maximum Gasteiger partial charge on any atom is 0.191 e. The van der Waals surface area contributed by atoms with Crippen molar-refractivity contribution in [1.82, 2.24) is 15.6 Å². The summed E-state index contributed by atoms with van der Waals surface area (Å²) in [5.41, 5.74) is 2.24. The summed E-state index contributed by atoms with van der Waals surface area (Å²) in [4.78, 5) is 9.14. The Morgan fingerprint density at radius 3 is 2.64 bits per heavy atom. The zero-order chi connectivity index (χ0) is 15.9. The van der Waals surface area contributed by atoms with Crippen LogP contribution in [0.4, 0.5) is 0 Å². The van der Waals surface area contributed by atoms with Gasteiger partial charge in [0, 0.05) is 18.8 Å². The van der Waals surface area contributed by atoms with Crippen LogP contribution in [-0.2, 0) is 6.54 Å². The van der Waals surface area contributed by atoms with Gasteiger partial charge in [-0.1, -0.05) is 19.9 Å². The normalized spacial score (nSPS) is 25.8. The molecule has 0 amide bonds. The van der Waals surface area contributed by atoms with Crippen LogP contribution < -0.4 is 10.6 Å². The first kappa shape index (κ1) is 16.8. The van der Waals surface area contributed by atoms with Gasteiger partial charge in [-0.3, -0.25) is 4.98 Å². The molecule has 4 nitrogen and oxygen atoms in total. The minimum Gasteiger partial charge on any atom is -0.357 e. The molecule has 0 aliphatic heterocycles. The average Bonchev–Trinajstić information content (AvgIpc) is 2.45. The molecule has 0 spiro atoms. The van der Waals surface area contributed by atoms with Gasteiger partial charge in [0.25, 0.3) is 0 Å². The molecule has 1 aromatic heterocycles. The van der Waals surface area contributed by atoms with Crippen LogP contribution in [0.5, 0.6) is 0 Å². The van der Waals surface area contributed by atoms with Crippen LogP contribution in [0.2, 0.25) is 0 Å². The molecule has 1 saturated carbocycles. The van der Waals surface area contributed by atoms with Crippen molar-refractivity contribution in [2.45, 2.75) is 59.5 Å². The second kappa shape index (κ2) is 8.16. The second-order valence-corrected chi connectivity index (χ2v) is 6.72. The Kier molecular flexibility index (Phi) is 6.22. The van der Waals surface area contributed by atoms with E-state index in [-0.39, 0.29) is 0 Å². The van der Waals surface area contributed by atoms with E-state index in [1.54, 1.807) is 0 Å². The van der Waals surface area contributed by atoms with E-state index in [1.165, 1.54) is 24.8 Å². The van der Waals surface area contributed by atoms with Gasteiger partial charge in [0.1, 0.15) is 0 Å². The first-order valence-corrected chi connectivity index (χ1v) is 8.53. The molecule has 122 valence electrons. The SMILES string of the molecule is CCNC(=NCc1ncccc1C)NC1CC(C)CC(C)C1. The molecule has 1 aliphatic rings. The molecule has 1 fully saturated rings. The van der Waals surface area contributed by atoms with E-state index < -0.39 is 0 Å². The van der Waals surface area contributed by atoms with Crippen LogP contribution in [0, 0.1) is 18.8 Å². The molecule has 1 aromatic rings. The third-order valence-corrected chi connectivity index (χ3v) is 4.37. The zero-order valence-corrected chi connectivity index (χ0v) is 14.4. The molecule has 2 unspecified atom stereocenters. The largest absolute Gasteiger partial charge is 0.357 e. The minimum absolute atomic E-state index is 0.529. The fourth-order valence-corrected chi connectivity index (χ4v) is 3.42. The Balaban J connectivity index is 1.99. The Labute approximate surface area is 134 Å². The number of aryl methyl sites for hydroxylation is 1. The molecule has 0 aromatic carbocycles. The van der Waals surface area contributed by atoms with Crippen molar-refractivity contribution in [3.8, 4) is 0 Å². The topological polar surface area (TPSA) is 49.3 Å². The summed E-state index contributed by atoms with van der Waals surface area (Å²) in [6.45, 7) is 10.4. The van der Waals surface area contributed by atoms with Crippen LogP contribution >= 0.6 is 0 Å². The third kappa shape index (κ3) is 5.00. The maximum atomic E-state index is 4.72. The summed E-state index contributed by atoms with van der Waals surface area (Å²) in [6.07, 6.45) is 5.65.